The molecule has 0 saturated heterocycles. The Kier molecular flexibility index (Phi) is 4.82. The third-order valence-corrected chi connectivity index (χ3v) is 3.63. The van der Waals surface area contributed by atoms with E-state index in [0.717, 1.165) is 17.9 Å². The smallest absolute Gasteiger partial charge is 0.119 e. The number of ether oxygens (including phenoxy) is 1. The van der Waals surface area contributed by atoms with Crippen LogP contribution in [0.2, 0.25) is 0 Å². The van der Waals surface area contributed by atoms with Crippen molar-refractivity contribution in [1.82, 2.24) is 0 Å². The molecular formula is C16H22O2. The zero-order valence-electron chi connectivity index (χ0n) is 10.8. The van der Waals surface area contributed by atoms with Crippen LogP contribution in [0.15, 0.2) is 36.9 Å². The highest BCUT2D eigenvalue weighted by atomic mass is 16.5. The number of hydrogen-bond donors (Lipinski definition) is 1. The van der Waals surface area contributed by atoms with E-state index in [2.05, 4.69) is 6.58 Å². The van der Waals surface area contributed by atoms with Crippen LogP contribution < -0.4 is 4.74 Å². The maximum atomic E-state index is 9.70. The van der Waals surface area contributed by atoms with Gasteiger partial charge in [-0.2, -0.15) is 0 Å². The molecule has 2 rings (SSSR count). The van der Waals surface area contributed by atoms with Crippen molar-refractivity contribution < 1.29 is 9.84 Å². The summed E-state index contributed by atoms with van der Waals surface area (Å²) in [6.45, 7) is 4.39. The highest BCUT2D eigenvalue weighted by molar-refractivity contribution is 5.31. The topological polar surface area (TPSA) is 29.5 Å². The maximum Gasteiger partial charge on any atom is 0.119 e. The lowest BCUT2D eigenvalue weighted by Crippen LogP contribution is -2.15. The largest absolute Gasteiger partial charge is 0.493 e. The number of hydrogen-bond acceptors (Lipinski definition) is 2. The lowest BCUT2D eigenvalue weighted by molar-refractivity contribution is 0.206. The first-order valence-corrected chi connectivity index (χ1v) is 6.83. The summed E-state index contributed by atoms with van der Waals surface area (Å²) < 4.78 is 5.84. The molecule has 2 nitrogen and oxygen atoms in total. The van der Waals surface area contributed by atoms with Gasteiger partial charge in [0.05, 0.1) is 12.7 Å². The molecule has 1 aromatic rings. The maximum absolute atomic E-state index is 9.70. The molecule has 0 heterocycles. The molecule has 98 valence electrons. The van der Waals surface area contributed by atoms with Crippen LogP contribution in [0, 0.1) is 5.92 Å². The van der Waals surface area contributed by atoms with Crippen molar-refractivity contribution in [1.29, 1.82) is 0 Å². The Bertz CT molecular complexity index is 380. The molecular weight excluding hydrogens is 224 g/mol. The van der Waals surface area contributed by atoms with Gasteiger partial charge in [-0.15, -0.1) is 6.58 Å². The van der Waals surface area contributed by atoms with E-state index in [1.165, 1.54) is 38.2 Å². The van der Waals surface area contributed by atoms with Gasteiger partial charge in [-0.1, -0.05) is 37.5 Å². The molecule has 2 heteroatoms. The molecule has 0 amide bonds. The summed E-state index contributed by atoms with van der Waals surface area (Å²) >= 11 is 0. The van der Waals surface area contributed by atoms with E-state index in [0.29, 0.717) is 5.92 Å². The van der Waals surface area contributed by atoms with E-state index in [4.69, 9.17) is 4.74 Å². The van der Waals surface area contributed by atoms with E-state index >= 15 is 0 Å². The lowest BCUT2D eigenvalue weighted by Gasteiger charge is -2.21. The van der Waals surface area contributed by atoms with Gasteiger partial charge in [0.25, 0.3) is 0 Å². The number of benzene rings is 1. The monoisotopic (exact) mass is 246 g/mol. The Hall–Kier alpha value is -1.28. The van der Waals surface area contributed by atoms with E-state index in [1.807, 2.05) is 24.3 Å². The lowest BCUT2D eigenvalue weighted by atomic mass is 9.90. The SMILES string of the molecule is C=CC(O)c1cccc(OCC2CCCCC2)c1. The molecule has 0 bridgehead atoms. The Morgan fingerprint density at radius 3 is 2.83 bits per heavy atom. The molecule has 1 N–H and O–H groups in total. The predicted molar refractivity (Wildman–Crippen MR) is 73.7 cm³/mol. The van der Waals surface area contributed by atoms with Gasteiger partial charge in [0.1, 0.15) is 5.75 Å². The molecule has 1 aliphatic rings. The van der Waals surface area contributed by atoms with Gasteiger partial charge in [-0.3, -0.25) is 0 Å². The Labute approximate surface area is 109 Å². The summed E-state index contributed by atoms with van der Waals surface area (Å²) in [5.41, 5.74) is 0.839. The minimum absolute atomic E-state index is 0.608. The van der Waals surface area contributed by atoms with E-state index in [-0.39, 0.29) is 0 Å². The van der Waals surface area contributed by atoms with Gasteiger partial charge in [0, 0.05) is 0 Å². The summed E-state index contributed by atoms with van der Waals surface area (Å²) in [4.78, 5) is 0. The molecule has 1 atom stereocenters. The summed E-state index contributed by atoms with van der Waals surface area (Å²) in [6, 6.07) is 7.65. The van der Waals surface area contributed by atoms with Crippen LogP contribution in [0.25, 0.3) is 0 Å². The first kappa shape index (κ1) is 13.2. The highest BCUT2D eigenvalue weighted by Crippen LogP contribution is 2.25. The molecule has 1 aromatic carbocycles. The molecule has 1 saturated carbocycles. The van der Waals surface area contributed by atoms with Crippen LogP contribution in [-0.2, 0) is 0 Å². The fraction of sp³-hybridized carbons (Fsp3) is 0.500. The summed E-state index contributed by atoms with van der Waals surface area (Å²) in [5, 5.41) is 9.70. The van der Waals surface area contributed by atoms with Crippen LogP contribution in [0.1, 0.15) is 43.8 Å². The second-order valence-electron chi connectivity index (χ2n) is 5.07. The molecule has 0 spiro atoms. The predicted octanol–water partition coefficient (Wildman–Crippen LogP) is 3.87. The fourth-order valence-electron chi connectivity index (χ4n) is 2.49. The zero-order valence-corrected chi connectivity index (χ0v) is 10.8. The molecule has 1 fully saturated rings. The first-order chi connectivity index (χ1) is 8.79. The Morgan fingerprint density at radius 2 is 2.11 bits per heavy atom. The third-order valence-electron chi connectivity index (χ3n) is 3.63. The third kappa shape index (κ3) is 3.61. The molecule has 0 aromatic heterocycles. The first-order valence-electron chi connectivity index (χ1n) is 6.83. The average Bonchev–Trinajstić information content (AvgIpc) is 2.45. The molecule has 18 heavy (non-hydrogen) atoms. The van der Waals surface area contributed by atoms with E-state index < -0.39 is 6.10 Å². The van der Waals surface area contributed by atoms with Crippen molar-refractivity contribution >= 4 is 0 Å². The van der Waals surface area contributed by atoms with Crippen molar-refractivity contribution in [2.75, 3.05) is 6.61 Å². The zero-order chi connectivity index (χ0) is 12.8. The normalized spacial score (nSPS) is 18.3. The van der Waals surface area contributed by atoms with E-state index in [9.17, 15) is 5.11 Å². The standard InChI is InChI=1S/C16H22O2/c1-2-16(17)14-9-6-10-15(11-14)18-12-13-7-4-3-5-8-13/h2,6,9-11,13,16-17H,1,3-5,7-8,12H2. The molecule has 1 aliphatic carbocycles. The minimum Gasteiger partial charge on any atom is -0.493 e. The van der Waals surface area contributed by atoms with Gasteiger partial charge in [0.2, 0.25) is 0 Å². The number of aliphatic hydroxyl groups is 1. The van der Waals surface area contributed by atoms with E-state index in [1.54, 1.807) is 0 Å². The average molecular weight is 246 g/mol. The van der Waals surface area contributed by atoms with Crippen LogP contribution in [0.3, 0.4) is 0 Å². The molecule has 0 aliphatic heterocycles. The fourth-order valence-corrected chi connectivity index (χ4v) is 2.49. The van der Waals surface area contributed by atoms with Crippen molar-refractivity contribution in [2.45, 2.75) is 38.2 Å². The van der Waals surface area contributed by atoms with Crippen LogP contribution in [0.4, 0.5) is 0 Å². The van der Waals surface area contributed by atoms with Gasteiger partial charge in [-0.25, -0.2) is 0 Å². The van der Waals surface area contributed by atoms with Crippen molar-refractivity contribution in [3.63, 3.8) is 0 Å². The van der Waals surface area contributed by atoms with Crippen molar-refractivity contribution in [3.8, 4) is 5.75 Å². The van der Waals surface area contributed by atoms with Gasteiger partial charge in [-0.05, 0) is 36.5 Å². The second-order valence-corrected chi connectivity index (χ2v) is 5.07. The van der Waals surface area contributed by atoms with Crippen LogP contribution >= 0.6 is 0 Å². The van der Waals surface area contributed by atoms with Gasteiger partial charge >= 0.3 is 0 Å². The van der Waals surface area contributed by atoms with Crippen LogP contribution in [-0.4, -0.2) is 11.7 Å². The minimum atomic E-state index is -0.608. The Morgan fingerprint density at radius 1 is 1.33 bits per heavy atom. The quantitative estimate of drug-likeness (QED) is 0.799. The van der Waals surface area contributed by atoms with Crippen molar-refractivity contribution in [2.24, 2.45) is 5.92 Å². The number of rotatable bonds is 5. The summed E-state index contributed by atoms with van der Waals surface area (Å²) in [7, 11) is 0. The molecule has 0 radical (unpaired) electrons. The molecule has 1 unspecified atom stereocenters. The highest BCUT2D eigenvalue weighted by Gasteiger charge is 2.14. The summed E-state index contributed by atoms with van der Waals surface area (Å²) in [6.07, 6.45) is 7.54. The summed E-state index contributed by atoms with van der Waals surface area (Å²) in [5.74, 6) is 1.55. The Balaban J connectivity index is 1.90. The van der Waals surface area contributed by atoms with Gasteiger partial charge in [0.15, 0.2) is 0 Å². The van der Waals surface area contributed by atoms with Crippen molar-refractivity contribution in [3.05, 3.63) is 42.5 Å². The van der Waals surface area contributed by atoms with Gasteiger partial charge < -0.3 is 9.84 Å². The van der Waals surface area contributed by atoms with Crippen LogP contribution in [0.5, 0.6) is 5.75 Å². The second kappa shape index (κ2) is 6.60. The number of aliphatic hydroxyl groups excluding tert-OH is 1.